The molecule has 2 unspecified atom stereocenters. The Balaban J connectivity index is 2.92. The molecule has 96 valence electrons. The molecule has 3 heteroatoms. The molecule has 0 spiro atoms. The lowest BCUT2D eigenvalue weighted by Crippen LogP contribution is -2.38. The Labute approximate surface area is 103 Å². The molecule has 0 saturated heterocycles. The van der Waals surface area contributed by atoms with Crippen LogP contribution in [0, 0.1) is 11.3 Å². The molecule has 0 saturated carbocycles. The molecular weight excluding hydrogens is 216 g/mol. The van der Waals surface area contributed by atoms with E-state index < -0.39 is 11.4 Å². The van der Waals surface area contributed by atoms with Gasteiger partial charge in [-0.2, -0.15) is 0 Å². The minimum atomic E-state index is -0.730. The zero-order chi connectivity index (χ0) is 12.9. The first kappa shape index (κ1) is 14.0. The SMILES string of the molecule is CCCC1(C(=O)O)C=CC=C(CCOC)C1C. The van der Waals surface area contributed by atoms with Crippen molar-refractivity contribution in [2.45, 2.75) is 33.1 Å². The number of allylic oxidation sites excluding steroid dienone is 2. The van der Waals surface area contributed by atoms with Crippen LogP contribution in [-0.2, 0) is 9.53 Å². The summed E-state index contributed by atoms with van der Waals surface area (Å²) in [5.41, 5.74) is 0.442. The Morgan fingerprint density at radius 2 is 2.29 bits per heavy atom. The summed E-state index contributed by atoms with van der Waals surface area (Å²) in [6.45, 7) is 4.68. The van der Waals surface area contributed by atoms with Gasteiger partial charge in [0.15, 0.2) is 0 Å². The smallest absolute Gasteiger partial charge is 0.314 e. The Bertz CT molecular complexity index is 330. The van der Waals surface area contributed by atoms with Crippen molar-refractivity contribution in [3.05, 3.63) is 23.8 Å². The third kappa shape index (κ3) is 2.78. The molecular formula is C14H22O3. The molecule has 0 aromatic rings. The molecule has 1 N–H and O–H groups in total. The third-order valence-electron chi connectivity index (χ3n) is 3.69. The highest BCUT2D eigenvalue weighted by molar-refractivity contribution is 5.78. The first-order valence-electron chi connectivity index (χ1n) is 6.19. The van der Waals surface area contributed by atoms with Gasteiger partial charge in [0.2, 0.25) is 0 Å². The number of carboxylic acid groups (broad SMARTS) is 1. The predicted octanol–water partition coefficient (Wildman–Crippen LogP) is 3.03. The first-order valence-corrected chi connectivity index (χ1v) is 6.19. The predicted molar refractivity (Wildman–Crippen MR) is 67.9 cm³/mol. The Morgan fingerprint density at radius 3 is 2.82 bits per heavy atom. The van der Waals surface area contributed by atoms with Crippen molar-refractivity contribution < 1.29 is 14.6 Å². The number of rotatable bonds is 6. The van der Waals surface area contributed by atoms with E-state index in [0.29, 0.717) is 13.0 Å². The van der Waals surface area contributed by atoms with Gasteiger partial charge in [-0.1, -0.05) is 44.1 Å². The topological polar surface area (TPSA) is 46.5 Å². The molecule has 1 aliphatic rings. The van der Waals surface area contributed by atoms with Gasteiger partial charge in [0.1, 0.15) is 0 Å². The fourth-order valence-corrected chi connectivity index (χ4v) is 2.56. The van der Waals surface area contributed by atoms with Crippen LogP contribution >= 0.6 is 0 Å². The van der Waals surface area contributed by atoms with Crippen molar-refractivity contribution >= 4 is 5.97 Å². The summed E-state index contributed by atoms with van der Waals surface area (Å²) in [6, 6.07) is 0. The Hall–Kier alpha value is -1.09. The van der Waals surface area contributed by atoms with Gasteiger partial charge in [-0.05, 0) is 18.8 Å². The summed E-state index contributed by atoms with van der Waals surface area (Å²) in [4.78, 5) is 11.6. The number of hydrogen-bond acceptors (Lipinski definition) is 2. The highest BCUT2D eigenvalue weighted by atomic mass is 16.5. The Morgan fingerprint density at radius 1 is 1.59 bits per heavy atom. The van der Waals surface area contributed by atoms with Gasteiger partial charge < -0.3 is 9.84 Å². The van der Waals surface area contributed by atoms with E-state index in [2.05, 4.69) is 0 Å². The maximum Gasteiger partial charge on any atom is 0.314 e. The van der Waals surface area contributed by atoms with E-state index in [0.717, 1.165) is 12.8 Å². The van der Waals surface area contributed by atoms with Crippen molar-refractivity contribution in [3.8, 4) is 0 Å². The second-order valence-electron chi connectivity index (χ2n) is 4.66. The lowest BCUT2D eigenvalue weighted by Gasteiger charge is -2.36. The number of methoxy groups -OCH3 is 1. The lowest BCUT2D eigenvalue weighted by molar-refractivity contribution is -0.148. The zero-order valence-corrected chi connectivity index (χ0v) is 10.9. The zero-order valence-electron chi connectivity index (χ0n) is 10.9. The summed E-state index contributed by atoms with van der Waals surface area (Å²) >= 11 is 0. The van der Waals surface area contributed by atoms with Crippen LogP contribution in [0.5, 0.6) is 0 Å². The molecule has 0 aromatic carbocycles. The van der Waals surface area contributed by atoms with E-state index >= 15 is 0 Å². The van der Waals surface area contributed by atoms with Gasteiger partial charge in [0.05, 0.1) is 5.41 Å². The summed E-state index contributed by atoms with van der Waals surface area (Å²) in [6.07, 6.45) is 8.12. The normalized spacial score (nSPS) is 27.9. The lowest BCUT2D eigenvalue weighted by atomic mass is 9.67. The van der Waals surface area contributed by atoms with Gasteiger partial charge in [-0.3, -0.25) is 4.79 Å². The maximum absolute atomic E-state index is 11.6. The van der Waals surface area contributed by atoms with Crippen LogP contribution in [0.1, 0.15) is 33.1 Å². The molecule has 0 radical (unpaired) electrons. The fraction of sp³-hybridized carbons (Fsp3) is 0.643. The number of carboxylic acids is 1. The number of hydrogen-bond donors (Lipinski definition) is 1. The van der Waals surface area contributed by atoms with E-state index in [1.165, 1.54) is 5.57 Å². The molecule has 1 rings (SSSR count). The molecule has 3 nitrogen and oxygen atoms in total. The average molecular weight is 238 g/mol. The highest BCUT2D eigenvalue weighted by Gasteiger charge is 2.42. The minimum Gasteiger partial charge on any atom is -0.481 e. The molecule has 0 aromatic heterocycles. The minimum absolute atomic E-state index is 0.0418. The average Bonchev–Trinajstić information content (AvgIpc) is 2.30. The van der Waals surface area contributed by atoms with Crippen LogP contribution in [0.15, 0.2) is 23.8 Å². The van der Waals surface area contributed by atoms with Crippen molar-refractivity contribution in [3.63, 3.8) is 0 Å². The van der Waals surface area contributed by atoms with E-state index in [1.807, 2.05) is 32.1 Å². The van der Waals surface area contributed by atoms with Crippen molar-refractivity contribution in [2.24, 2.45) is 11.3 Å². The number of carbonyl (C=O) groups is 1. The van der Waals surface area contributed by atoms with E-state index in [-0.39, 0.29) is 5.92 Å². The van der Waals surface area contributed by atoms with Crippen LogP contribution in [0.2, 0.25) is 0 Å². The first-order chi connectivity index (χ1) is 8.08. The van der Waals surface area contributed by atoms with Crippen molar-refractivity contribution in [1.82, 2.24) is 0 Å². The van der Waals surface area contributed by atoms with Gasteiger partial charge in [-0.15, -0.1) is 0 Å². The number of ether oxygens (including phenoxy) is 1. The monoisotopic (exact) mass is 238 g/mol. The van der Waals surface area contributed by atoms with Crippen molar-refractivity contribution in [2.75, 3.05) is 13.7 Å². The molecule has 0 fully saturated rings. The number of aliphatic carboxylic acids is 1. The van der Waals surface area contributed by atoms with Crippen molar-refractivity contribution in [1.29, 1.82) is 0 Å². The van der Waals surface area contributed by atoms with Gasteiger partial charge in [-0.25, -0.2) is 0 Å². The molecule has 17 heavy (non-hydrogen) atoms. The molecule has 0 bridgehead atoms. The van der Waals surface area contributed by atoms with E-state index in [9.17, 15) is 9.90 Å². The molecule has 0 aliphatic heterocycles. The molecule has 2 atom stereocenters. The maximum atomic E-state index is 11.6. The summed E-state index contributed by atoms with van der Waals surface area (Å²) < 4.78 is 5.07. The quantitative estimate of drug-likeness (QED) is 0.773. The van der Waals surface area contributed by atoms with Crippen LogP contribution in [-0.4, -0.2) is 24.8 Å². The van der Waals surface area contributed by atoms with Crippen LogP contribution in [0.3, 0.4) is 0 Å². The largest absolute Gasteiger partial charge is 0.481 e. The Kier molecular flexibility index (Phi) is 4.94. The summed E-state index contributed by atoms with van der Waals surface area (Å²) in [5.74, 6) is -0.675. The van der Waals surface area contributed by atoms with Crippen LogP contribution in [0.4, 0.5) is 0 Å². The molecule has 0 amide bonds. The summed E-state index contributed by atoms with van der Waals surface area (Å²) in [7, 11) is 1.67. The van der Waals surface area contributed by atoms with Gasteiger partial charge >= 0.3 is 5.97 Å². The second-order valence-corrected chi connectivity index (χ2v) is 4.66. The fourth-order valence-electron chi connectivity index (χ4n) is 2.56. The second kappa shape index (κ2) is 6.01. The molecule has 0 heterocycles. The highest BCUT2D eigenvalue weighted by Crippen LogP contribution is 2.42. The van der Waals surface area contributed by atoms with Crippen LogP contribution in [0.25, 0.3) is 0 Å². The standard InChI is InChI=1S/C14H22O3/c1-4-8-14(13(15)16)9-5-6-12(11(14)2)7-10-17-3/h5-6,9,11H,4,7-8,10H2,1-3H3,(H,15,16). The third-order valence-corrected chi connectivity index (χ3v) is 3.69. The summed E-state index contributed by atoms with van der Waals surface area (Å²) in [5, 5.41) is 9.52. The van der Waals surface area contributed by atoms with Gasteiger partial charge in [0.25, 0.3) is 0 Å². The van der Waals surface area contributed by atoms with E-state index in [4.69, 9.17) is 4.74 Å². The van der Waals surface area contributed by atoms with E-state index in [1.54, 1.807) is 7.11 Å². The van der Waals surface area contributed by atoms with Crippen LogP contribution < -0.4 is 0 Å². The van der Waals surface area contributed by atoms with Gasteiger partial charge in [0, 0.05) is 13.7 Å². The molecule has 1 aliphatic carbocycles.